The van der Waals surface area contributed by atoms with Gasteiger partial charge in [0.25, 0.3) is 0 Å². The molecule has 1 aromatic carbocycles. The number of aromatic nitrogens is 2. The Balaban J connectivity index is 1.75. The number of pyridine rings is 2. The lowest BCUT2D eigenvalue weighted by Crippen LogP contribution is -2.25. The molecule has 1 aliphatic rings. The van der Waals surface area contributed by atoms with Crippen molar-refractivity contribution in [3.63, 3.8) is 0 Å². The third-order valence-electron chi connectivity index (χ3n) is 5.33. The number of hydrogen-bond acceptors (Lipinski definition) is 4. The molecular weight excluding hydrogens is 362 g/mol. The molecule has 2 atom stereocenters. The first kappa shape index (κ1) is 18.9. The number of nitrogens with zero attached hydrogens (tertiary/aromatic N) is 2. The number of benzene rings is 1. The Morgan fingerprint density at radius 3 is 2.83 bits per heavy atom. The first-order chi connectivity index (χ1) is 14.1. The highest BCUT2D eigenvalue weighted by Gasteiger charge is 2.28. The van der Waals surface area contributed by atoms with Gasteiger partial charge in [-0.2, -0.15) is 0 Å². The van der Waals surface area contributed by atoms with Gasteiger partial charge < -0.3 is 10.1 Å². The van der Waals surface area contributed by atoms with Gasteiger partial charge in [-0.05, 0) is 48.9 Å². The van der Waals surface area contributed by atoms with E-state index in [1.165, 1.54) is 0 Å². The third-order valence-corrected chi connectivity index (χ3v) is 5.33. The molecule has 0 unspecified atom stereocenters. The number of carbonyl (C=O) groups excluding carboxylic acids is 1. The Bertz CT molecular complexity index is 1110. The van der Waals surface area contributed by atoms with Crippen molar-refractivity contribution in [2.24, 2.45) is 5.92 Å². The first-order valence-electron chi connectivity index (χ1n) is 9.67. The third kappa shape index (κ3) is 3.76. The number of fused-ring (bicyclic) bond motifs is 1. The van der Waals surface area contributed by atoms with Crippen LogP contribution < -0.4 is 10.1 Å². The van der Waals surface area contributed by atoms with E-state index in [1.54, 1.807) is 18.3 Å². The van der Waals surface area contributed by atoms with E-state index < -0.39 is 0 Å². The lowest BCUT2D eigenvalue weighted by atomic mass is 10.0. The van der Waals surface area contributed by atoms with Crippen LogP contribution >= 0.6 is 0 Å². The fourth-order valence-corrected chi connectivity index (χ4v) is 3.63. The maximum absolute atomic E-state index is 11.6. The summed E-state index contributed by atoms with van der Waals surface area (Å²) in [6.45, 7) is 10.3. The minimum atomic E-state index is -0.104. The van der Waals surface area contributed by atoms with Crippen LogP contribution in [0.2, 0.25) is 0 Å². The summed E-state index contributed by atoms with van der Waals surface area (Å²) in [7, 11) is 0. The minimum absolute atomic E-state index is 0.0780. The van der Waals surface area contributed by atoms with Gasteiger partial charge in [0, 0.05) is 36.0 Å². The van der Waals surface area contributed by atoms with Crippen molar-refractivity contribution in [2.75, 3.05) is 6.54 Å². The second-order valence-electron chi connectivity index (χ2n) is 7.21. The molecule has 1 saturated heterocycles. The maximum Gasteiger partial charge on any atom is 0.220 e. The molecule has 0 aliphatic carbocycles. The molecule has 3 aromatic rings. The molecule has 0 spiro atoms. The summed E-state index contributed by atoms with van der Waals surface area (Å²) in [5, 5.41) is 3.81. The molecule has 2 aromatic heterocycles. The van der Waals surface area contributed by atoms with Crippen molar-refractivity contribution < 1.29 is 9.53 Å². The van der Waals surface area contributed by atoms with E-state index in [0.717, 1.165) is 39.2 Å². The molecule has 3 heterocycles. The van der Waals surface area contributed by atoms with Gasteiger partial charge in [-0.25, -0.2) is 4.98 Å². The van der Waals surface area contributed by atoms with Gasteiger partial charge in [0.2, 0.25) is 5.91 Å². The monoisotopic (exact) mass is 385 g/mol. The Kier molecular flexibility index (Phi) is 5.12. The van der Waals surface area contributed by atoms with Gasteiger partial charge in [-0.15, -0.1) is 0 Å². The highest BCUT2D eigenvalue weighted by Crippen LogP contribution is 2.33. The number of hydrogen-bond donors (Lipinski definition) is 1. The van der Waals surface area contributed by atoms with Gasteiger partial charge in [0.1, 0.15) is 11.9 Å². The Hall–Kier alpha value is -3.47. The highest BCUT2D eigenvalue weighted by molar-refractivity contribution is 5.89. The zero-order chi connectivity index (χ0) is 20.4. The standard InChI is InChI=1S/C24H23N3O2/c1-4-16-8-9-21(27-20(16)5-2)17-11-22-19(7-6-10-25-22)23(12-17)29-15(3)18-13-24(28)26-14-18/h4-12,15,18H,1-2,13-14H2,3H3,(H,26,28)/t15-,18-/m1/s1. The average Bonchev–Trinajstić information content (AvgIpc) is 3.19. The molecule has 0 radical (unpaired) electrons. The minimum Gasteiger partial charge on any atom is -0.490 e. The van der Waals surface area contributed by atoms with Crippen molar-refractivity contribution in [3.05, 3.63) is 67.0 Å². The number of rotatable bonds is 6. The van der Waals surface area contributed by atoms with Crippen molar-refractivity contribution in [1.29, 1.82) is 0 Å². The fourth-order valence-electron chi connectivity index (χ4n) is 3.63. The zero-order valence-corrected chi connectivity index (χ0v) is 16.4. The van der Waals surface area contributed by atoms with Crippen LogP contribution in [0.4, 0.5) is 0 Å². The molecular formula is C24H23N3O2. The van der Waals surface area contributed by atoms with Crippen LogP contribution in [-0.2, 0) is 4.79 Å². The molecule has 1 amide bonds. The van der Waals surface area contributed by atoms with Gasteiger partial charge in [-0.1, -0.05) is 25.3 Å². The summed E-state index contributed by atoms with van der Waals surface area (Å²) < 4.78 is 6.33. The van der Waals surface area contributed by atoms with Gasteiger partial charge in [-0.3, -0.25) is 9.78 Å². The van der Waals surface area contributed by atoms with E-state index in [-0.39, 0.29) is 17.9 Å². The summed E-state index contributed by atoms with van der Waals surface area (Å²) in [6.07, 6.45) is 5.64. The summed E-state index contributed by atoms with van der Waals surface area (Å²) in [5.74, 6) is 0.969. The number of amides is 1. The molecule has 5 nitrogen and oxygen atoms in total. The quantitative estimate of drug-likeness (QED) is 0.679. The highest BCUT2D eigenvalue weighted by atomic mass is 16.5. The lowest BCUT2D eigenvalue weighted by molar-refractivity contribution is -0.119. The lowest BCUT2D eigenvalue weighted by Gasteiger charge is -2.21. The SMILES string of the molecule is C=Cc1ccc(-c2cc(O[C@H](C)[C@H]3CNC(=O)C3)c3cccnc3c2)nc1C=C. The maximum atomic E-state index is 11.6. The Morgan fingerprint density at radius 2 is 2.10 bits per heavy atom. The van der Waals surface area contributed by atoms with Crippen molar-refractivity contribution in [1.82, 2.24) is 15.3 Å². The van der Waals surface area contributed by atoms with Gasteiger partial charge in [0.05, 0.1) is 16.9 Å². The van der Waals surface area contributed by atoms with E-state index in [4.69, 9.17) is 9.72 Å². The predicted molar refractivity (Wildman–Crippen MR) is 116 cm³/mol. The van der Waals surface area contributed by atoms with Crippen LogP contribution in [0.15, 0.2) is 55.8 Å². The van der Waals surface area contributed by atoms with Crippen LogP contribution in [0, 0.1) is 5.92 Å². The topological polar surface area (TPSA) is 64.1 Å². The Morgan fingerprint density at radius 1 is 1.24 bits per heavy atom. The summed E-state index contributed by atoms with van der Waals surface area (Å²) in [4.78, 5) is 20.8. The van der Waals surface area contributed by atoms with Crippen molar-refractivity contribution >= 4 is 29.0 Å². The molecule has 146 valence electrons. The van der Waals surface area contributed by atoms with Crippen molar-refractivity contribution in [2.45, 2.75) is 19.4 Å². The summed E-state index contributed by atoms with van der Waals surface area (Å²) in [6, 6.07) is 11.8. The molecule has 0 saturated carbocycles. The molecule has 5 heteroatoms. The van der Waals surface area contributed by atoms with Crippen LogP contribution in [0.1, 0.15) is 24.6 Å². The predicted octanol–water partition coefficient (Wildman–Crippen LogP) is 4.49. The van der Waals surface area contributed by atoms with Gasteiger partial charge in [0.15, 0.2) is 0 Å². The van der Waals surface area contributed by atoms with Crippen LogP contribution in [0.3, 0.4) is 0 Å². The van der Waals surface area contributed by atoms with E-state index in [2.05, 4.69) is 23.5 Å². The Labute approximate surface area is 170 Å². The largest absolute Gasteiger partial charge is 0.490 e. The van der Waals surface area contributed by atoms with Gasteiger partial charge >= 0.3 is 0 Å². The number of carbonyl (C=O) groups is 1. The molecule has 4 rings (SSSR count). The summed E-state index contributed by atoms with van der Waals surface area (Å²) >= 11 is 0. The number of nitrogens with one attached hydrogen (secondary N) is 1. The molecule has 1 fully saturated rings. The van der Waals surface area contributed by atoms with E-state index >= 15 is 0 Å². The summed E-state index contributed by atoms with van der Waals surface area (Å²) in [5.41, 5.74) is 4.28. The van der Waals surface area contributed by atoms with Crippen LogP contribution in [0.25, 0.3) is 34.3 Å². The normalized spacial score (nSPS) is 17.0. The zero-order valence-electron chi connectivity index (χ0n) is 16.4. The van der Waals surface area contributed by atoms with Crippen LogP contribution in [0.5, 0.6) is 5.75 Å². The average molecular weight is 385 g/mol. The molecule has 0 bridgehead atoms. The van der Waals surface area contributed by atoms with E-state index in [0.29, 0.717) is 13.0 Å². The first-order valence-corrected chi connectivity index (χ1v) is 9.67. The molecule has 29 heavy (non-hydrogen) atoms. The van der Waals surface area contributed by atoms with Crippen molar-refractivity contribution in [3.8, 4) is 17.0 Å². The van der Waals surface area contributed by atoms with E-state index in [1.807, 2.05) is 43.3 Å². The second-order valence-corrected chi connectivity index (χ2v) is 7.21. The van der Waals surface area contributed by atoms with Crippen LogP contribution in [-0.4, -0.2) is 28.5 Å². The van der Waals surface area contributed by atoms with E-state index in [9.17, 15) is 4.79 Å². The molecule has 1 aliphatic heterocycles. The second kappa shape index (κ2) is 7.87. The smallest absolute Gasteiger partial charge is 0.220 e. The fraction of sp³-hybridized carbons (Fsp3) is 0.208. The molecule has 1 N–H and O–H groups in total. The number of ether oxygens (including phenoxy) is 1.